The molecular weight excluding hydrogens is 438 g/mol. The quantitative estimate of drug-likeness (QED) is 0.433. The summed E-state index contributed by atoms with van der Waals surface area (Å²) in [5.74, 6) is -0.196. The number of carbonyl (C=O) groups is 1. The molecule has 0 aliphatic carbocycles. The molecule has 4 nitrogen and oxygen atoms in total. The first-order valence-corrected chi connectivity index (χ1v) is 9.97. The first kappa shape index (κ1) is 18.7. The van der Waals surface area contributed by atoms with Crippen molar-refractivity contribution in [1.82, 2.24) is 14.7 Å². The first-order valence-electron chi connectivity index (χ1n) is 8.80. The van der Waals surface area contributed by atoms with Crippen LogP contribution in [-0.4, -0.2) is 15.3 Å². The number of pyridine rings is 1. The van der Waals surface area contributed by atoms with Gasteiger partial charge in [0.15, 0.2) is 5.65 Å². The molecule has 4 aromatic rings. The van der Waals surface area contributed by atoms with Crippen LogP contribution < -0.4 is 5.32 Å². The molecule has 2 aromatic heterocycles. The van der Waals surface area contributed by atoms with Crippen LogP contribution in [0.5, 0.6) is 0 Å². The molecule has 2 aromatic carbocycles. The van der Waals surface area contributed by atoms with Crippen LogP contribution in [0.2, 0.25) is 5.02 Å². The first-order chi connectivity index (χ1) is 13.5. The van der Waals surface area contributed by atoms with E-state index in [2.05, 4.69) is 21.2 Å². The number of carbonyl (C=O) groups excluding carboxylic acids is 1. The van der Waals surface area contributed by atoms with Gasteiger partial charge < -0.3 is 5.32 Å². The summed E-state index contributed by atoms with van der Waals surface area (Å²) in [6, 6.07) is 19.2. The van der Waals surface area contributed by atoms with Gasteiger partial charge in [-0.3, -0.25) is 9.20 Å². The summed E-state index contributed by atoms with van der Waals surface area (Å²) in [5.41, 5.74) is 4.95. The number of hydrogen-bond donors (Lipinski definition) is 1. The van der Waals surface area contributed by atoms with Gasteiger partial charge >= 0.3 is 0 Å². The Kier molecular flexibility index (Phi) is 5.20. The van der Waals surface area contributed by atoms with E-state index in [1.165, 1.54) is 5.56 Å². The Bertz CT molecular complexity index is 1170. The van der Waals surface area contributed by atoms with Gasteiger partial charge in [0.05, 0.1) is 5.56 Å². The van der Waals surface area contributed by atoms with Crippen LogP contribution >= 0.6 is 27.5 Å². The van der Waals surface area contributed by atoms with Crippen molar-refractivity contribution in [2.45, 2.75) is 13.5 Å². The molecule has 6 heteroatoms. The minimum absolute atomic E-state index is 0.196. The molecular formula is C22H17BrClN3O. The van der Waals surface area contributed by atoms with E-state index < -0.39 is 0 Å². The lowest BCUT2D eigenvalue weighted by molar-refractivity contribution is 0.0952. The number of halogens is 2. The molecule has 0 aliphatic heterocycles. The molecule has 140 valence electrons. The summed E-state index contributed by atoms with van der Waals surface area (Å²) in [4.78, 5) is 17.6. The molecule has 0 unspecified atom stereocenters. The van der Waals surface area contributed by atoms with Crippen molar-refractivity contribution in [3.63, 3.8) is 0 Å². The lowest BCUT2D eigenvalue weighted by Gasteiger charge is -2.08. The Morgan fingerprint density at radius 1 is 1.11 bits per heavy atom. The third-order valence-electron chi connectivity index (χ3n) is 4.56. The van der Waals surface area contributed by atoms with E-state index in [0.29, 0.717) is 22.8 Å². The largest absolute Gasteiger partial charge is 0.348 e. The van der Waals surface area contributed by atoms with E-state index >= 15 is 0 Å². The second-order valence-electron chi connectivity index (χ2n) is 6.51. The molecule has 0 aliphatic rings. The Labute approximate surface area is 176 Å². The fourth-order valence-electron chi connectivity index (χ4n) is 3.02. The van der Waals surface area contributed by atoms with Crippen LogP contribution in [0, 0.1) is 6.92 Å². The van der Waals surface area contributed by atoms with Crippen LogP contribution in [0.1, 0.15) is 21.5 Å². The Morgan fingerprint density at radius 2 is 1.86 bits per heavy atom. The summed E-state index contributed by atoms with van der Waals surface area (Å²) in [7, 11) is 0. The van der Waals surface area contributed by atoms with E-state index in [9.17, 15) is 4.79 Å². The lowest BCUT2D eigenvalue weighted by atomic mass is 10.1. The number of amides is 1. The molecule has 0 radical (unpaired) electrons. The maximum absolute atomic E-state index is 12.8. The van der Waals surface area contributed by atoms with Crippen LogP contribution in [-0.2, 0) is 6.54 Å². The van der Waals surface area contributed by atoms with E-state index in [-0.39, 0.29) is 5.91 Å². The number of aromatic nitrogens is 2. The smallest absolute Gasteiger partial charge is 0.255 e. The number of fused-ring (bicyclic) bond motifs is 1. The maximum atomic E-state index is 12.8. The minimum atomic E-state index is -0.196. The fourth-order valence-corrected chi connectivity index (χ4v) is 3.83. The Balaban J connectivity index is 1.68. The minimum Gasteiger partial charge on any atom is -0.348 e. The highest BCUT2D eigenvalue weighted by Gasteiger charge is 2.18. The number of benzene rings is 2. The highest BCUT2D eigenvalue weighted by molar-refractivity contribution is 9.10. The summed E-state index contributed by atoms with van der Waals surface area (Å²) < 4.78 is 2.69. The molecule has 1 amide bonds. The Hall–Kier alpha value is -2.63. The molecule has 1 N–H and O–H groups in total. The van der Waals surface area contributed by atoms with Crippen molar-refractivity contribution in [3.8, 4) is 11.3 Å². The third kappa shape index (κ3) is 3.55. The molecule has 0 atom stereocenters. The Morgan fingerprint density at radius 3 is 2.61 bits per heavy atom. The summed E-state index contributed by atoms with van der Waals surface area (Å²) in [5, 5.41) is 3.56. The van der Waals surface area contributed by atoms with Crippen LogP contribution in [0.25, 0.3) is 16.9 Å². The number of nitrogens with one attached hydrogen (secondary N) is 1. The zero-order chi connectivity index (χ0) is 19.7. The van der Waals surface area contributed by atoms with Crippen molar-refractivity contribution in [1.29, 1.82) is 0 Å². The van der Waals surface area contributed by atoms with E-state index in [4.69, 9.17) is 16.6 Å². The number of rotatable bonds is 4. The molecule has 4 rings (SSSR count). The SMILES string of the molecule is Cc1ccc(-c2nc3c(C(=O)NCc4ccccc4Cl)cccn3c2Br)cc1. The third-order valence-corrected chi connectivity index (χ3v) is 5.68. The second kappa shape index (κ2) is 7.78. The number of aryl methyl sites for hydroxylation is 1. The van der Waals surface area contributed by atoms with Crippen molar-refractivity contribution in [2.24, 2.45) is 0 Å². The van der Waals surface area contributed by atoms with Gasteiger partial charge in [0.1, 0.15) is 10.3 Å². The predicted molar refractivity (Wildman–Crippen MR) is 116 cm³/mol. The normalized spacial score (nSPS) is 11.0. The van der Waals surface area contributed by atoms with Crippen LogP contribution in [0.15, 0.2) is 71.5 Å². The van der Waals surface area contributed by atoms with Gasteiger partial charge in [0.25, 0.3) is 5.91 Å². The van der Waals surface area contributed by atoms with Gasteiger partial charge in [-0.25, -0.2) is 4.98 Å². The van der Waals surface area contributed by atoms with Crippen molar-refractivity contribution < 1.29 is 4.79 Å². The average Bonchev–Trinajstić information content (AvgIpc) is 3.04. The van der Waals surface area contributed by atoms with Gasteiger partial charge in [-0.1, -0.05) is 59.6 Å². The van der Waals surface area contributed by atoms with Gasteiger partial charge in [-0.2, -0.15) is 0 Å². The highest BCUT2D eigenvalue weighted by atomic mass is 79.9. The summed E-state index contributed by atoms with van der Waals surface area (Å²) in [6.45, 7) is 2.40. The van der Waals surface area contributed by atoms with E-state index in [1.807, 2.05) is 72.1 Å². The highest BCUT2D eigenvalue weighted by Crippen LogP contribution is 2.30. The molecule has 28 heavy (non-hydrogen) atoms. The van der Waals surface area contributed by atoms with Crippen molar-refractivity contribution in [3.05, 3.63) is 93.2 Å². The van der Waals surface area contributed by atoms with Crippen molar-refractivity contribution in [2.75, 3.05) is 0 Å². The monoisotopic (exact) mass is 453 g/mol. The predicted octanol–water partition coefficient (Wildman–Crippen LogP) is 5.66. The molecule has 2 heterocycles. The van der Waals surface area contributed by atoms with Gasteiger partial charge in [0.2, 0.25) is 0 Å². The zero-order valence-electron chi connectivity index (χ0n) is 15.1. The second-order valence-corrected chi connectivity index (χ2v) is 7.67. The molecule has 0 saturated heterocycles. The van der Waals surface area contributed by atoms with Crippen molar-refractivity contribution >= 4 is 39.1 Å². The lowest BCUT2D eigenvalue weighted by Crippen LogP contribution is -2.23. The molecule has 0 fully saturated rings. The number of imidazole rings is 1. The van der Waals surface area contributed by atoms with E-state index in [1.54, 1.807) is 6.07 Å². The van der Waals surface area contributed by atoms with E-state index in [0.717, 1.165) is 21.4 Å². The fraction of sp³-hybridized carbons (Fsp3) is 0.0909. The summed E-state index contributed by atoms with van der Waals surface area (Å²) in [6.07, 6.45) is 1.88. The van der Waals surface area contributed by atoms with Gasteiger partial charge in [-0.15, -0.1) is 0 Å². The summed E-state index contributed by atoms with van der Waals surface area (Å²) >= 11 is 9.80. The number of nitrogens with zero attached hydrogens (tertiary/aromatic N) is 2. The van der Waals surface area contributed by atoms with Crippen LogP contribution in [0.4, 0.5) is 0 Å². The maximum Gasteiger partial charge on any atom is 0.255 e. The zero-order valence-corrected chi connectivity index (χ0v) is 17.5. The van der Waals surface area contributed by atoms with Gasteiger partial charge in [-0.05, 0) is 46.6 Å². The van der Waals surface area contributed by atoms with Crippen LogP contribution in [0.3, 0.4) is 0 Å². The number of hydrogen-bond acceptors (Lipinski definition) is 2. The standard InChI is InChI=1S/C22H17BrClN3O/c1-14-8-10-15(11-9-14)19-20(23)27-12-4-6-17(21(27)26-19)22(28)25-13-16-5-2-3-7-18(16)24/h2-12H,13H2,1H3,(H,25,28). The molecule has 0 spiro atoms. The van der Waals surface area contributed by atoms with Gasteiger partial charge in [0, 0.05) is 23.3 Å². The topological polar surface area (TPSA) is 46.4 Å². The average molecular weight is 455 g/mol. The molecule has 0 bridgehead atoms. The molecule has 0 saturated carbocycles.